The molecule has 10 rings (SSSR count). The van der Waals surface area contributed by atoms with Crippen LogP contribution >= 0.6 is 31.9 Å². The van der Waals surface area contributed by atoms with Crippen LogP contribution in [-0.2, 0) is 0 Å². The van der Waals surface area contributed by atoms with Crippen LogP contribution in [0.25, 0.3) is 88.6 Å². The molecule has 0 amide bonds. The lowest BCUT2D eigenvalue weighted by atomic mass is 10.1. The predicted octanol–water partition coefficient (Wildman–Crippen LogP) is 13.8. The summed E-state index contributed by atoms with van der Waals surface area (Å²) < 4.78 is 2.12. The van der Waals surface area contributed by atoms with E-state index in [0.717, 1.165) is 97.6 Å². The van der Waals surface area contributed by atoms with Gasteiger partial charge in [-0.1, -0.05) is 165 Å². The number of aromatic nitrogens is 4. The van der Waals surface area contributed by atoms with E-state index in [1.165, 1.54) is 0 Å². The Morgan fingerprint density at radius 3 is 0.759 bits per heavy atom. The van der Waals surface area contributed by atoms with Crippen LogP contribution in [0.2, 0.25) is 0 Å². The lowest BCUT2D eigenvalue weighted by molar-refractivity contribution is 1.36. The van der Waals surface area contributed by atoms with Gasteiger partial charge in [0.2, 0.25) is 0 Å². The summed E-state index contributed by atoms with van der Waals surface area (Å²) in [5.74, 6) is 0. The predicted molar refractivity (Wildman–Crippen MR) is 231 cm³/mol. The highest BCUT2D eigenvalue weighted by molar-refractivity contribution is 9.10. The third-order valence-corrected chi connectivity index (χ3v) is 10.5. The molecule has 0 fully saturated rings. The zero-order valence-electron chi connectivity index (χ0n) is 28.9. The Morgan fingerprint density at radius 1 is 0.241 bits per heavy atom. The fraction of sp³-hybridized carbons (Fsp3) is 0. The van der Waals surface area contributed by atoms with Crippen molar-refractivity contribution in [2.45, 2.75) is 0 Å². The summed E-state index contributed by atoms with van der Waals surface area (Å²) in [7, 11) is 0. The highest BCUT2D eigenvalue weighted by Gasteiger charge is 2.10. The minimum Gasteiger partial charge on any atom is -0.245 e. The molecule has 0 saturated heterocycles. The maximum atomic E-state index is 4.96. The molecule has 4 nitrogen and oxygen atoms in total. The van der Waals surface area contributed by atoms with Crippen LogP contribution in [0.5, 0.6) is 0 Å². The Bertz CT molecular complexity index is 2730. The molecule has 0 unspecified atom stereocenters. The minimum atomic E-state index is 0.936. The highest BCUT2D eigenvalue weighted by Crippen LogP contribution is 2.31. The molecular formula is C48H30Br2N4. The van der Waals surface area contributed by atoms with Crippen LogP contribution in [0, 0.1) is 0 Å². The first kappa shape index (κ1) is 33.7. The summed E-state index contributed by atoms with van der Waals surface area (Å²) in [6.07, 6.45) is 0. The first-order valence-corrected chi connectivity index (χ1v) is 19.2. The van der Waals surface area contributed by atoms with E-state index in [1.807, 2.05) is 60.7 Å². The quantitative estimate of drug-likeness (QED) is 0.166. The Balaban J connectivity index is 0.000000142. The molecule has 0 aliphatic carbocycles. The van der Waals surface area contributed by atoms with E-state index in [4.69, 9.17) is 19.9 Å². The maximum absolute atomic E-state index is 4.96. The van der Waals surface area contributed by atoms with Crippen LogP contribution in [0.3, 0.4) is 0 Å². The van der Waals surface area contributed by atoms with Crippen LogP contribution in [0.15, 0.2) is 191 Å². The molecule has 10 aromatic rings. The molecule has 0 spiro atoms. The second kappa shape index (κ2) is 14.7. The Morgan fingerprint density at radius 2 is 0.481 bits per heavy atom. The van der Waals surface area contributed by atoms with Gasteiger partial charge in [0.05, 0.1) is 44.8 Å². The summed E-state index contributed by atoms with van der Waals surface area (Å²) in [4.78, 5) is 19.8. The van der Waals surface area contributed by atoms with Gasteiger partial charge >= 0.3 is 0 Å². The maximum Gasteiger partial charge on any atom is 0.0972 e. The van der Waals surface area contributed by atoms with E-state index in [9.17, 15) is 0 Å². The molecule has 54 heavy (non-hydrogen) atoms. The van der Waals surface area contributed by atoms with Gasteiger partial charge < -0.3 is 0 Å². The smallest absolute Gasteiger partial charge is 0.0972 e. The molecule has 4 heterocycles. The Labute approximate surface area is 329 Å². The van der Waals surface area contributed by atoms with E-state index in [2.05, 4.69) is 153 Å². The average molecular weight is 823 g/mol. The molecule has 256 valence electrons. The Kier molecular flexibility index (Phi) is 9.21. The van der Waals surface area contributed by atoms with Crippen LogP contribution in [0.4, 0.5) is 0 Å². The SMILES string of the molecule is Brc1ccc(-c2ccc3ccc4ccc(-c5ccccc5)nc4c3n2)cc1.Brc1ccc(-c2ccc3ccc4ccc(-c5ccccc5)nc4c3n2)cc1. The number of nitrogens with zero attached hydrogens (tertiary/aromatic N) is 4. The van der Waals surface area contributed by atoms with Crippen molar-refractivity contribution in [3.8, 4) is 45.0 Å². The number of halogens is 2. The van der Waals surface area contributed by atoms with Crippen molar-refractivity contribution in [1.29, 1.82) is 0 Å². The number of hydrogen-bond donors (Lipinski definition) is 0. The fourth-order valence-electron chi connectivity index (χ4n) is 6.64. The summed E-state index contributed by atoms with van der Waals surface area (Å²) in [6.45, 7) is 0. The van der Waals surface area contributed by atoms with Gasteiger partial charge in [0.1, 0.15) is 0 Å². The number of benzene rings is 6. The lowest BCUT2D eigenvalue weighted by Gasteiger charge is -2.08. The number of pyridine rings is 4. The van der Waals surface area contributed by atoms with Gasteiger partial charge in [-0.05, 0) is 48.5 Å². The topological polar surface area (TPSA) is 51.6 Å². The van der Waals surface area contributed by atoms with Crippen molar-refractivity contribution in [1.82, 2.24) is 19.9 Å². The molecule has 6 aromatic carbocycles. The molecule has 4 aromatic heterocycles. The van der Waals surface area contributed by atoms with Gasteiger partial charge in [0.25, 0.3) is 0 Å². The Hall–Kier alpha value is -6.08. The van der Waals surface area contributed by atoms with E-state index in [0.29, 0.717) is 0 Å². The number of fused-ring (bicyclic) bond motifs is 6. The first-order valence-electron chi connectivity index (χ1n) is 17.6. The van der Waals surface area contributed by atoms with Crippen LogP contribution in [-0.4, -0.2) is 19.9 Å². The van der Waals surface area contributed by atoms with Gasteiger partial charge in [-0.25, -0.2) is 19.9 Å². The van der Waals surface area contributed by atoms with Crippen molar-refractivity contribution in [3.05, 3.63) is 191 Å². The molecule has 0 aliphatic heterocycles. The molecule has 0 radical (unpaired) electrons. The number of hydrogen-bond acceptors (Lipinski definition) is 4. The average Bonchev–Trinajstić information content (AvgIpc) is 3.24. The highest BCUT2D eigenvalue weighted by atomic mass is 79.9. The van der Waals surface area contributed by atoms with Crippen molar-refractivity contribution >= 4 is 75.5 Å². The molecule has 0 aliphatic rings. The van der Waals surface area contributed by atoms with Crippen molar-refractivity contribution in [3.63, 3.8) is 0 Å². The monoisotopic (exact) mass is 820 g/mol. The van der Waals surface area contributed by atoms with E-state index >= 15 is 0 Å². The van der Waals surface area contributed by atoms with Crippen LogP contribution < -0.4 is 0 Å². The normalized spacial score (nSPS) is 11.1. The van der Waals surface area contributed by atoms with Gasteiger partial charge in [0, 0.05) is 52.7 Å². The van der Waals surface area contributed by atoms with Crippen molar-refractivity contribution in [2.24, 2.45) is 0 Å². The summed E-state index contributed by atoms with van der Waals surface area (Å²) in [5.41, 5.74) is 12.0. The van der Waals surface area contributed by atoms with Crippen LogP contribution in [0.1, 0.15) is 0 Å². The molecular weight excluding hydrogens is 792 g/mol. The van der Waals surface area contributed by atoms with Crippen molar-refractivity contribution in [2.75, 3.05) is 0 Å². The van der Waals surface area contributed by atoms with Crippen molar-refractivity contribution < 1.29 is 0 Å². The zero-order valence-corrected chi connectivity index (χ0v) is 32.0. The zero-order chi connectivity index (χ0) is 36.4. The summed E-state index contributed by atoms with van der Waals surface area (Å²) in [5, 5.41) is 4.40. The second-order valence-electron chi connectivity index (χ2n) is 12.9. The molecule has 0 N–H and O–H groups in total. The third-order valence-electron chi connectivity index (χ3n) is 9.46. The first-order chi connectivity index (χ1) is 26.6. The summed E-state index contributed by atoms with van der Waals surface area (Å²) >= 11 is 6.98. The van der Waals surface area contributed by atoms with Gasteiger partial charge in [0.15, 0.2) is 0 Å². The minimum absolute atomic E-state index is 0.936. The van der Waals surface area contributed by atoms with Gasteiger partial charge in [-0.15, -0.1) is 0 Å². The second-order valence-corrected chi connectivity index (χ2v) is 14.8. The van der Waals surface area contributed by atoms with E-state index < -0.39 is 0 Å². The third kappa shape index (κ3) is 6.90. The summed E-state index contributed by atoms with van der Waals surface area (Å²) in [6, 6.07) is 62.2. The number of rotatable bonds is 4. The molecule has 0 bridgehead atoms. The molecule has 0 saturated carbocycles. The largest absolute Gasteiger partial charge is 0.245 e. The van der Waals surface area contributed by atoms with Gasteiger partial charge in [-0.3, -0.25) is 0 Å². The van der Waals surface area contributed by atoms with E-state index in [-0.39, 0.29) is 0 Å². The fourth-order valence-corrected chi connectivity index (χ4v) is 7.17. The molecule has 0 atom stereocenters. The molecule has 6 heteroatoms. The lowest BCUT2D eigenvalue weighted by Crippen LogP contribution is -1.90. The van der Waals surface area contributed by atoms with E-state index in [1.54, 1.807) is 0 Å². The van der Waals surface area contributed by atoms with Gasteiger partial charge in [-0.2, -0.15) is 0 Å². The standard InChI is InChI=1S/2C24H15BrN2/c2*25-20-12-8-17(9-13-20)22-15-11-19-7-6-18-10-14-21(16-4-2-1-3-5-16)26-23(18)24(19)27-22/h2*1-15H.